The summed E-state index contributed by atoms with van der Waals surface area (Å²) >= 11 is 1.22. The lowest BCUT2D eigenvalue weighted by Gasteiger charge is -2.03. The molecule has 108 valence electrons. The van der Waals surface area contributed by atoms with E-state index in [1.807, 2.05) is 0 Å². The van der Waals surface area contributed by atoms with Gasteiger partial charge in [-0.15, -0.1) is 0 Å². The van der Waals surface area contributed by atoms with Crippen LogP contribution in [0.4, 0.5) is 9.52 Å². The minimum atomic E-state index is -0.449. The third kappa shape index (κ3) is 4.38. The van der Waals surface area contributed by atoms with Crippen LogP contribution in [-0.4, -0.2) is 22.6 Å². The van der Waals surface area contributed by atoms with Crippen LogP contribution < -0.4 is 5.32 Å². The first kappa shape index (κ1) is 15.2. The smallest absolute Gasteiger partial charge is 0.257 e. The summed E-state index contributed by atoms with van der Waals surface area (Å²) in [4.78, 5) is 16.7. The molecule has 0 aliphatic heterocycles. The average Bonchev–Trinajstić information content (AvgIpc) is 2.85. The maximum absolute atomic E-state index is 13.3. The van der Waals surface area contributed by atoms with Crippen molar-refractivity contribution in [3.05, 3.63) is 46.2 Å². The minimum absolute atomic E-state index is 0.00825. The number of carbonyl (C=O) groups excluding carboxylic acids is 1. The summed E-state index contributed by atoms with van der Waals surface area (Å²) in [5, 5.41) is 11.6. The summed E-state index contributed by atoms with van der Waals surface area (Å²) in [5.41, 5.74) is 0.922. The van der Waals surface area contributed by atoms with Crippen LogP contribution in [-0.2, 0) is 0 Å². The van der Waals surface area contributed by atoms with Crippen LogP contribution in [0.5, 0.6) is 0 Å². The average molecular weight is 304 g/mol. The molecule has 0 fully saturated rings. The molecule has 1 heterocycles. The second kappa shape index (κ2) is 6.97. The van der Waals surface area contributed by atoms with Crippen LogP contribution in [0, 0.1) is 24.6 Å². The molecule has 2 aromatic rings. The second-order valence-corrected chi connectivity index (χ2v) is 5.31. The summed E-state index contributed by atoms with van der Waals surface area (Å²) in [6.45, 7) is 1.73. The molecule has 21 heavy (non-hydrogen) atoms. The number of rotatable bonds is 3. The highest BCUT2D eigenvalue weighted by molar-refractivity contribution is 7.16. The predicted molar refractivity (Wildman–Crippen MR) is 79.8 cm³/mol. The van der Waals surface area contributed by atoms with Gasteiger partial charge >= 0.3 is 0 Å². The number of anilines is 1. The van der Waals surface area contributed by atoms with Crippen molar-refractivity contribution in [3.8, 4) is 11.8 Å². The zero-order chi connectivity index (χ0) is 15.2. The minimum Gasteiger partial charge on any atom is -0.395 e. The number of carbonyl (C=O) groups is 1. The topological polar surface area (TPSA) is 62.2 Å². The van der Waals surface area contributed by atoms with E-state index in [1.54, 1.807) is 19.2 Å². The fraction of sp³-hybridized carbons (Fsp3) is 0.200. The lowest BCUT2D eigenvalue weighted by atomic mass is 10.1. The lowest BCUT2D eigenvalue weighted by molar-refractivity contribution is 0.102. The molecule has 6 heteroatoms. The molecule has 0 unspecified atom stereocenters. The van der Waals surface area contributed by atoms with Gasteiger partial charge in [-0.3, -0.25) is 10.1 Å². The molecule has 2 N–H and O–H groups in total. The number of nitrogens with one attached hydrogen (secondary N) is 1. The molecule has 0 aliphatic carbocycles. The molecule has 0 bridgehead atoms. The number of aromatic nitrogens is 1. The van der Waals surface area contributed by atoms with E-state index in [0.717, 1.165) is 0 Å². The van der Waals surface area contributed by atoms with E-state index in [4.69, 9.17) is 5.11 Å². The highest BCUT2D eigenvalue weighted by Gasteiger charge is 2.10. The number of aliphatic hydroxyl groups is 1. The van der Waals surface area contributed by atoms with Crippen LogP contribution in [0.25, 0.3) is 0 Å². The van der Waals surface area contributed by atoms with Crippen molar-refractivity contribution in [3.63, 3.8) is 0 Å². The summed E-state index contributed by atoms with van der Waals surface area (Å²) in [6, 6.07) is 4.14. The first-order valence-electron chi connectivity index (χ1n) is 6.22. The van der Waals surface area contributed by atoms with Crippen LogP contribution in [0.3, 0.4) is 0 Å². The fourth-order valence-corrected chi connectivity index (χ4v) is 2.32. The SMILES string of the molecule is Cc1cc(F)cc(C(=O)Nc2ncc(C#CCCO)s2)c1. The highest BCUT2D eigenvalue weighted by Crippen LogP contribution is 2.18. The molecule has 0 saturated heterocycles. The molecule has 0 aliphatic rings. The molecule has 0 atom stereocenters. The number of hydrogen-bond donors (Lipinski definition) is 2. The van der Waals surface area contributed by atoms with Crippen molar-refractivity contribution in [2.45, 2.75) is 13.3 Å². The van der Waals surface area contributed by atoms with Gasteiger partial charge in [-0.25, -0.2) is 9.37 Å². The number of benzene rings is 1. The summed E-state index contributed by atoms with van der Waals surface area (Å²) in [6.07, 6.45) is 1.93. The van der Waals surface area contributed by atoms with Gasteiger partial charge in [0.05, 0.1) is 17.7 Å². The van der Waals surface area contributed by atoms with Crippen molar-refractivity contribution in [2.24, 2.45) is 0 Å². The number of thiazole rings is 1. The van der Waals surface area contributed by atoms with Gasteiger partial charge in [0.1, 0.15) is 5.82 Å². The number of aryl methyl sites for hydroxylation is 1. The van der Waals surface area contributed by atoms with Crippen molar-refractivity contribution >= 4 is 22.4 Å². The van der Waals surface area contributed by atoms with E-state index in [-0.39, 0.29) is 12.2 Å². The highest BCUT2D eigenvalue weighted by atomic mass is 32.1. The molecule has 1 aromatic carbocycles. The van der Waals surface area contributed by atoms with E-state index in [1.165, 1.54) is 23.5 Å². The number of hydrogen-bond acceptors (Lipinski definition) is 4. The van der Waals surface area contributed by atoms with Gasteiger partial charge in [0.2, 0.25) is 0 Å². The number of amides is 1. The zero-order valence-corrected chi connectivity index (χ0v) is 12.1. The number of aliphatic hydroxyl groups excluding tert-OH is 1. The Hall–Kier alpha value is -2.23. The van der Waals surface area contributed by atoms with Gasteiger partial charge in [0, 0.05) is 12.0 Å². The largest absolute Gasteiger partial charge is 0.395 e. The van der Waals surface area contributed by atoms with E-state index in [0.29, 0.717) is 22.0 Å². The summed E-state index contributed by atoms with van der Waals surface area (Å²) < 4.78 is 13.3. The maximum Gasteiger partial charge on any atom is 0.257 e. The number of nitrogens with zero attached hydrogens (tertiary/aromatic N) is 1. The Balaban J connectivity index is 2.08. The van der Waals surface area contributed by atoms with Gasteiger partial charge in [0.25, 0.3) is 5.91 Å². The van der Waals surface area contributed by atoms with E-state index in [2.05, 4.69) is 22.1 Å². The molecule has 0 radical (unpaired) electrons. The van der Waals surface area contributed by atoms with Crippen LogP contribution >= 0.6 is 11.3 Å². The lowest BCUT2D eigenvalue weighted by Crippen LogP contribution is -2.12. The van der Waals surface area contributed by atoms with E-state index in [9.17, 15) is 9.18 Å². The Morgan fingerprint density at radius 2 is 2.29 bits per heavy atom. The molecule has 0 saturated carbocycles. The van der Waals surface area contributed by atoms with Gasteiger partial charge in [0.15, 0.2) is 5.13 Å². The van der Waals surface area contributed by atoms with Crippen molar-refractivity contribution in [2.75, 3.05) is 11.9 Å². The quantitative estimate of drug-likeness (QED) is 0.857. The molecule has 2 rings (SSSR count). The Labute approximate surface area is 125 Å². The van der Waals surface area contributed by atoms with Gasteiger partial charge in [-0.1, -0.05) is 23.2 Å². The Morgan fingerprint density at radius 3 is 3.00 bits per heavy atom. The molecular formula is C15H13FN2O2S. The van der Waals surface area contributed by atoms with Gasteiger partial charge in [-0.05, 0) is 30.7 Å². The molecule has 1 amide bonds. The van der Waals surface area contributed by atoms with Crippen LogP contribution in [0.15, 0.2) is 24.4 Å². The van der Waals surface area contributed by atoms with E-state index < -0.39 is 11.7 Å². The predicted octanol–water partition coefficient (Wildman–Crippen LogP) is 2.58. The third-order valence-electron chi connectivity index (χ3n) is 2.48. The molecular weight excluding hydrogens is 291 g/mol. The maximum atomic E-state index is 13.3. The Bertz CT molecular complexity index is 696. The number of halogens is 1. The summed E-state index contributed by atoms with van der Waals surface area (Å²) in [5.74, 6) is 4.74. The normalized spacial score (nSPS) is 9.86. The Kier molecular flexibility index (Phi) is 5.04. The van der Waals surface area contributed by atoms with Crippen LogP contribution in [0.1, 0.15) is 27.2 Å². The zero-order valence-electron chi connectivity index (χ0n) is 11.3. The van der Waals surface area contributed by atoms with Gasteiger partial charge in [-0.2, -0.15) is 0 Å². The van der Waals surface area contributed by atoms with Gasteiger partial charge < -0.3 is 5.11 Å². The van der Waals surface area contributed by atoms with Crippen LogP contribution in [0.2, 0.25) is 0 Å². The first-order chi connectivity index (χ1) is 10.1. The van der Waals surface area contributed by atoms with Crippen molar-refractivity contribution < 1.29 is 14.3 Å². The van der Waals surface area contributed by atoms with Crippen molar-refractivity contribution in [1.29, 1.82) is 0 Å². The second-order valence-electron chi connectivity index (χ2n) is 4.28. The molecule has 4 nitrogen and oxygen atoms in total. The molecule has 0 spiro atoms. The Morgan fingerprint density at radius 1 is 1.48 bits per heavy atom. The van der Waals surface area contributed by atoms with Crippen molar-refractivity contribution in [1.82, 2.24) is 4.98 Å². The monoisotopic (exact) mass is 304 g/mol. The molecule has 1 aromatic heterocycles. The summed E-state index contributed by atoms with van der Waals surface area (Å²) in [7, 11) is 0. The third-order valence-corrected chi connectivity index (χ3v) is 3.31. The standard InChI is InChI=1S/C15H13FN2O2S/c1-10-6-11(8-12(16)7-10)14(20)18-15-17-9-13(21-15)4-2-3-5-19/h6-9,19H,3,5H2,1H3,(H,17,18,20). The fourth-order valence-electron chi connectivity index (χ4n) is 1.63. The van der Waals surface area contributed by atoms with E-state index >= 15 is 0 Å². The first-order valence-corrected chi connectivity index (χ1v) is 7.04.